The topological polar surface area (TPSA) is 101 Å². The summed E-state index contributed by atoms with van der Waals surface area (Å²) in [6.07, 6.45) is 2.63. The van der Waals surface area contributed by atoms with Crippen molar-refractivity contribution >= 4 is 54.7 Å². The van der Waals surface area contributed by atoms with E-state index in [2.05, 4.69) is 5.32 Å². The zero-order valence-electron chi connectivity index (χ0n) is 16.6. The molecule has 0 radical (unpaired) electrons. The van der Waals surface area contributed by atoms with Crippen LogP contribution in [0.25, 0.3) is 0 Å². The molecule has 0 saturated heterocycles. The molecule has 0 aliphatic carbocycles. The Balaban J connectivity index is 2.21. The number of hydrogen-bond donors (Lipinski definition) is 1. The molecule has 2 rings (SSSR count). The molecule has 1 atom stereocenters. The van der Waals surface area contributed by atoms with Crippen molar-refractivity contribution in [2.24, 2.45) is 0 Å². The Kier molecular flexibility index (Phi) is 7.79. The van der Waals surface area contributed by atoms with E-state index in [0.717, 1.165) is 16.8 Å². The molecule has 0 spiro atoms. The summed E-state index contributed by atoms with van der Waals surface area (Å²) in [5, 5.41) is 3.22. The smallest absolute Gasteiger partial charge is 0.241 e. The van der Waals surface area contributed by atoms with Gasteiger partial charge in [-0.1, -0.05) is 42.3 Å². The van der Waals surface area contributed by atoms with Crippen LogP contribution in [0, 0.1) is 0 Å². The van der Waals surface area contributed by atoms with Crippen molar-refractivity contribution < 1.29 is 21.6 Å². The summed E-state index contributed by atoms with van der Waals surface area (Å²) < 4.78 is 48.6. The summed E-state index contributed by atoms with van der Waals surface area (Å²) in [4.78, 5) is 12.8. The van der Waals surface area contributed by atoms with Crippen molar-refractivity contribution in [3.8, 4) is 0 Å². The maximum absolute atomic E-state index is 12.6. The second-order valence-corrected chi connectivity index (χ2v) is 11.5. The summed E-state index contributed by atoms with van der Waals surface area (Å²) in [5.41, 5.74) is 0.922. The van der Waals surface area contributed by atoms with E-state index in [1.54, 1.807) is 12.1 Å². The van der Waals surface area contributed by atoms with E-state index < -0.39 is 38.4 Å². The number of nitrogens with one attached hydrogen (secondary N) is 1. The number of hydrogen-bond acceptors (Lipinski definition) is 5. The molecule has 0 bridgehead atoms. The Morgan fingerprint density at radius 3 is 2.07 bits per heavy atom. The lowest BCUT2D eigenvalue weighted by atomic mass is 10.0. The van der Waals surface area contributed by atoms with Crippen molar-refractivity contribution in [1.82, 2.24) is 5.32 Å². The van der Waals surface area contributed by atoms with Gasteiger partial charge in [0.2, 0.25) is 15.9 Å². The summed E-state index contributed by atoms with van der Waals surface area (Å²) in [5.74, 6) is -0.523. The van der Waals surface area contributed by atoms with Crippen LogP contribution in [0.15, 0.2) is 47.4 Å². The molecule has 1 N–H and O–H groups in total. The molecule has 11 heteroatoms. The zero-order valence-corrected chi connectivity index (χ0v) is 19.7. The van der Waals surface area contributed by atoms with Gasteiger partial charge in [0.1, 0.15) is 6.54 Å². The number of anilines is 1. The van der Waals surface area contributed by atoms with Gasteiger partial charge in [-0.25, -0.2) is 16.8 Å². The van der Waals surface area contributed by atoms with E-state index in [0.29, 0.717) is 12.0 Å². The molecule has 0 aliphatic rings. The molecule has 0 fully saturated rings. The molecule has 164 valence electrons. The maximum Gasteiger partial charge on any atom is 0.241 e. The van der Waals surface area contributed by atoms with Crippen molar-refractivity contribution in [2.45, 2.75) is 24.3 Å². The van der Waals surface area contributed by atoms with E-state index in [1.165, 1.54) is 30.3 Å². The van der Waals surface area contributed by atoms with E-state index >= 15 is 0 Å². The molecule has 2 aromatic rings. The van der Waals surface area contributed by atoms with Crippen molar-refractivity contribution in [3.63, 3.8) is 0 Å². The minimum absolute atomic E-state index is 0.167. The van der Waals surface area contributed by atoms with Crippen LogP contribution in [-0.4, -0.2) is 41.8 Å². The summed E-state index contributed by atoms with van der Waals surface area (Å²) in [6.45, 7) is 1.40. The first-order valence-corrected chi connectivity index (χ1v) is 13.3. The number of nitrogens with zero attached hydrogens (tertiary/aromatic N) is 1. The van der Waals surface area contributed by atoms with Gasteiger partial charge >= 0.3 is 0 Å². The van der Waals surface area contributed by atoms with Crippen molar-refractivity contribution in [1.29, 1.82) is 0 Å². The third-order valence-corrected chi connectivity index (χ3v) is 7.34. The number of amides is 1. The van der Waals surface area contributed by atoms with Crippen LogP contribution in [-0.2, 0) is 24.7 Å². The highest BCUT2D eigenvalue weighted by atomic mass is 35.5. The molecule has 0 aromatic heterocycles. The van der Waals surface area contributed by atoms with Gasteiger partial charge in [0.15, 0.2) is 9.84 Å². The largest absolute Gasteiger partial charge is 0.348 e. The van der Waals surface area contributed by atoms with Crippen LogP contribution in [0.1, 0.15) is 24.9 Å². The number of rotatable bonds is 8. The lowest BCUT2D eigenvalue weighted by Crippen LogP contribution is -2.41. The van der Waals surface area contributed by atoms with Crippen LogP contribution in [0.5, 0.6) is 0 Å². The standard InChI is InChI=1S/C19H22Cl2N2O5S2/c1-4-18(13-5-8-15(9-6-13)29(2,25)26)22-19(24)12-23(30(3,27)28)14-7-10-16(20)17(21)11-14/h5-11,18H,4,12H2,1-3H3,(H,22,24). The predicted molar refractivity (Wildman–Crippen MR) is 119 cm³/mol. The van der Waals surface area contributed by atoms with E-state index in [4.69, 9.17) is 23.2 Å². The van der Waals surface area contributed by atoms with Crippen LogP contribution >= 0.6 is 23.2 Å². The first-order chi connectivity index (χ1) is 13.8. The molecule has 7 nitrogen and oxygen atoms in total. The van der Waals surface area contributed by atoms with Gasteiger partial charge in [-0.05, 0) is 42.3 Å². The number of benzene rings is 2. The summed E-state index contributed by atoms with van der Waals surface area (Å²) in [7, 11) is -7.09. The van der Waals surface area contributed by atoms with Crippen molar-refractivity contribution in [3.05, 3.63) is 58.1 Å². The quantitative estimate of drug-likeness (QED) is 0.608. The zero-order chi connectivity index (χ0) is 22.7. The van der Waals surface area contributed by atoms with Gasteiger partial charge in [-0.15, -0.1) is 0 Å². The van der Waals surface area contributed by atoms with E-state index in [-0.39, 0.29) is 20.6 Å². The second kappa shape index (κ2) is 9.55. The number of sulfonamides is 1. The molecule has 0 aliphatic heterocycles. The Morgan fingerprint density at radius 1 is 1.00 bits per heavy atom. The molecule has 1 amide bonds. The van der Waals surface area contributed by atoms with Gasteiger partial charge < -0.3 is 5.32 Å². The molecule has 1 unspecified atom stereocenters. The van der Waals surface area contributed by atoms with E-state index in [9.17, 15) is 21.6 Å². The lowest BCUT2D eigenvalue weighted by molar-refractivity contribution is -0.120. The van der Waals surface area contributed by atoms with E-state index in [1.807, 2.05) is 6.92 Å². The highest BCUT2D eigenvalue weighted by molar-refractivity contribution is 7.92. The molecule has 2 aromatic carbocycles. The normalized spacial score (nSPS) is 13.0. The van der Waals surface area contributed by atoms with Gasteiger partial charge in [-0.3, -0.25) is 9.10 Å². The number of carbonyl (C=O) groups is 1. The molecule has 0 heterocycles. The number of carbonyl (C=O) groups excluding carboxylic acids is 1. The summed E-state index contributed by atoms with van der Waals surface area (Å²) >= 11 is 11.9. The minimum Gasteiger partial charge on any atom is -0.348 e. The first-order valence-electron chi connectivity index (χ1n) is 8.85. The average molecular weight is 493 g/mol. The second-order valence-electron chi connectivity index (χ2n) is 6.74. The Hall–Kier alpha value is -1.81. The first kappa shape index (κ1) is 24.5. The third kappa shape index (κ3) is 6.34. The molecule has 30 heavy (non-hydrogen) atoms. The van der Waals surface area contributed by atoms with Crippen LogP contribution in [0.3, 0.4) is 0 Å². The minimum atomic E-state index is -3.77. The molecular formula is C19H22Cl2N2O5S2. The van der Waals surface area contributed by atoms with Crippen LogP contribution in [0.2, 0.25) is 10.0 Å². The molecular weight excluding hydrogens is 471 g/mol. The summed E-state index contributed by atoms with van der Waals surface area (Å²) in [6, 6.07) is 10.1. The Bertz CT molecular complexity index is 1130. The van der Waals surface area contributed by atoms with Gasteiger partial charge in [0.05, 0.1) is 32.9 Å². The fourth-order valence-electron chi connectivity index (χ4n) is 2.78. The van der Waals surface area contributed by atoms with Crippen LogP contribution in [0.4, 0.5) is 5.69 Å². The Labute approximate surface area is 187 Å². The molecule has 0 saturated carbocycles. The van der Waals surface area contributed by atoms with Gasteiger partial charge in [0, 0.05) is 6.26 Å². The predicted octanol–water partition coefficient (Wildman–Crippen LogP) is 3.43. The average Bonchev–Trinajstić information content (AvgIpc) is 2.65. The highest BCUT2D eigenvalue weighted by Crippen LogP contribution is 2.28. The fraction of sp³-hybridized carbons (Fsp3) is 0.316. The Morgan fingerprint density at radius 2 is 1.60 bits per heavy atom. The lowest BCUT2D eigenvalue weighted by Gasteiger charge is -2.24. The highest BCUT2D eigenvalue weighted by Gasteiger charge is 2.23. The number of halogens is 2. The van der Waals surface area contributed by atoms with Gasteiger partial charge in [-0.2, -0.15) is 0 Å². The fourth-order valence-corrected chi connectivity index (χ4v) is 4.55. The SMILES string of the molecule is CCC(NC(=O)CN(c1ccc(Cl)c(Cl)c1)S(C)(=O)=O)c1ccc(S(C)(=O)=O)cc1. The number of sulfone groups is 1. The van der Waals surface area contributed by atoms with Gasteiger partial charge in [0.25, 0.3) is 0 Å². The van der Waals surface area contributed by atoms with Crippen molar-refractivity contribution in [2.75, 3.05) is 23.4 Å². The maximum atomic E-state index is 12.6. The third-order valence-electron chi connectivity index (χ3n) is 4.33. The monoisotopic (exact) mass is 492 g/mol. The van der Waals surface area contributed by atoms with Crippen LogP contribution < -0.4 is 9.62 Å².